The maximum Gasteiger partial charge on any atom is 0.229 e. The summed E-state index contributed by atoms with van der Waals surface area (Å²) in [5.74, 6) is 6.50. The number of nitrogens with zero attached hydrogens (tertiary/aromatic N) is 2. The van der Waals surface area contributed by atoms with Crippen LogP contribution in [0.25, 0.3) is 0 Å². The smallest absolute Gasteiger partial charge is 0.229 e. The lowest BCUT2D eigenvalue weighted by Gasteiger charge is -2.27. The third kappa shape index (κ3) is 4.46. The molecule has 1 aromatic heterocycles. The zero-order chi connectivity index (χ0) is 16.8. The Morgan fingerprint density at radius 2 is 2.04 bits per heavy atom. The monoisotopic (exact) mass is 338 g/mol. The minimum Gasteiger partial charge on any atom is -0.328 e. The molecule has 0 saturated heterocycles. The van der Waals surface area contributed by atoms with Crippen molar-refractivity contribution in [2.45, 2.75) is 45.1 Å². The lowest BCUT2D eigenvalue weighted by molar-refractivity contribution is -0.132. The second-order valence-electron chi connectivity index (χ2n) is 6.16. The molecule has 0 unspecified atom stereocenters. The van der Waals surface area contributed by atoms with Crippen LogP contribution in [-0.4, -0.2) is 28.4 Å². The molecule has 0 spiro atoms. The molecule has 2 aromatic rings. The first-order chi connectivity index (χ1) is 11.7. The molecule has 1 aliphatic rings. The van der Waals surface area contributed by atoms with E-state index in [9.17, 15) is 4.79 Å². The highest BCUT2D eigenvalue weighted by Gasteiger charge is 2.26. The van der Waals surface area contributed by atoms with Crippen molar-refractivity contribution in [3.8, 4) is 11.8 Å². The van der Waals surface area contributed by atoms with Gasteiger partial charge < -0.3 is 4.90 Å². The van der Waals surface area contributed by atoms with E-state index >= 15 is 0 Å². The highest BCUT2D eigenvalue weighted by atomic mass is 32.1. The Labute approximate surface area is 147 Å². The van der Waals surface area contributed by atoms with Crippen LogP contribution in [0.4, 0.5) is 0 Å². The van der Waals surface area contributed by atoms with Gasteiger partial charge >= 0.3 is 0 Å². The first-order valence-electron chi connectivity index (χ1n) is 8.47. The average Bonchev–Trinajstić information content (AvgIpc) is 3.24. The van der Waals surface area contributed by atoms with Gasteiger partial charge in [-0.3, -0.25) is 4.79 Å². The molecule has 3 rings (SSSR count). The normalized spacial score (nSPS) is 14.2. The predicted octanol–water partition coefficient (Wildman–Crippen LogP) is 3.82. The molecule has 1 aliphatic carbocycles. The molecule has 3 nitrogen and oxygen atoms in total. The first-order valence-corrected chi connectivity index (χ1v) is 9.35. The summed E-state index contributed by atoms with van der Waals surface area (Å²) in [6.07, 6.45) is 4.98. The Morgan fingerprint density at radius 1 is 1.29 bits per heavy atom. The van der Waals surface area contributed by atoms with Gasteiger partial charge in [0.05, 0.1) is 23.7 Å². The van der Waals surface area contributed by atoms with Crippen LogP contribution in [0, 0.1) is 18.8 Å². The van der Waals surface area contributed by atoms with Gasteiger partial charge in [-0.1, -0.05) is 42.9 Å². The van der Waals surface area contributed by atoms with E-state index in [0.717, 1.165) is 29.1 Å². The molecule has 0 atom stereocenters. The van der Waals surface area contributed by atoms with E-state index < -0.39 is 0 Å². The molecule has 0 bridgehead atoms. The van der Waals surface area contributed by atoms with Gasteiger partial charge in [0.1, 0.15) is 0 Å². The molecule has 1 saturated carbocycles. The van der Waals surface area contributed by atoms with Crippen molar-refractivity contribution in [2.24, 2.45) is 0 Å². The molecule has 24 heavy (non-hydrogen) atoms. The molecule has 1 amide bonds. The number of carbonyl (C=O) groups is 1. The number of rotatable bonds is 4. The molecular formula is C20H22N2OS. The number of hydrogen-bond acceptors (Lipinski definition) is 3. The Bertz CT molecular complexity index is 736. The van der Waals surface area contributed by atoms with Crippen LogP contribution in [0.2, 0.25) is 0 Å². The van der Waals surface area contributed by atoms with Crippen molar-refractivity contribution in [2.75, 3.05) is 6.54 Å². The highest BCUT2D eigenvalue weighted by Crippen LogP contribution is 2.24. The SMILES string of the molecule is Cc1nc(CC(=O)N(CC#Cc2ccccc2)C2CCCC2)cs1. The Hall–Kier alpha value is -2.12. The van der Waals surface area contributed by atoms with Crippen molar-refractivity contribution in [1.29, 1.82) is 0 Å². The lowest BCUT2D eigenvalue weighted by atomic mass is 10.1. The zero-order valence-corrected chi connectivity index (χ0v) is 14.8. The molecule has 0 N–H and O–H groups in total. The van der Waals surface area contributed by atoms with Gasteiger partial charge in [0.15, 0.2) is 0 Å². The summed E-state index contributed by atoms with van der Waals surface area (Å²) < 4.78 is 0. The molecule has 1 heterocycles. The van der Waals surface area contributed by atoms with Crippen LogP contribution in [0.15, 0.2) is 35.7 Å². The second kappa shape index (κ2) is 8.12. The van der Waals surface area contributed by atoms with Crippen molar-refractivity contribution in [3.63, 3.8) is 0 Å². The summed E-state index contributed by atoms with van der Waals surface area (Å²) in [6, 6.07) is 10.3. The third-order valence-electron chi connectivity index (χ3n) is 4.34. The van der Waals surface area contributed by atoms with Crippen molar-refractivity contribution < 1.29 is 4.79 Å². The van der Waals surface area contributed by atoms with Crippen LogP contribution < -0.4 is 0 Å². The zero-order valence-electron chi connectivity index (χ0n) is 14.0. The fraction of sp³-hybridized carbons (Fsp3) is 0.400. The van der Waals surface area contributed by atoms with Gasteiger partial charge in [0, 0.05) is 17.0 Å². The van der Waals surface area contributed by atoms with E-state index in [1.165, 1.54) is 12.8 Å². The molecule has 1 fully saturated rings. The van der Waals surface area contributed by atoms with Crippen LogP contribution >= 0.6 is 11.3 Å². The number of amides is 1. The fourth-order valence-electron chi connectivity index (χ4n) is 3.13. The topological polar surface area (TPSA) is 33.2 Å². The summed E-state index contributed by atoms with van der Waals surface area (Å²) in [7, 11) is 0. The first kappa shape index (κ1) is 16.7. The minimum atomic E-state index is 0.148. The van der Waals surface area contributed by atoms with Crippen LogP contribution in [-0.2, 0) is 11.2 Å². The van der Waals surface area contributed by atoms with E-state index in [-0.39, 0.29) is 5.91 Å². The summed E-state index contributed by atoms with van der Waals surface area (Å²) in [5.41, 5.74) is 1.87. The number of aromatic nitrogens is 1. The number of benzene rings is 1. The van der Waals surface area contributed by atoms with E-state index in [4.69, 9.17) is 0 Å². The quantitative estimate of drug-likeness (QED) is 0.794. The summed E-state index contributed by atoms with van der Waals surface area (Å²) in [5, 5.41) is 2.99. The fourth-order valence-corrected chi connectivity index (χ4v) is 3.74. The van der Waals surface area contributed by atoms with Gasteiger partial charge in [-0.2, -0.15) is 0 Å². The Balaban J connectivity index is 1.69. The summed E-state index contributed by atoms with van der Waals surface area (Å²) >= 11 is 1.60. The molecular weight excluding hydrogens is 316 g/mol. The maximum atomic E-state index is 12.8. The van der Waals surface area contributed by atoms with Crippen molar-refractivity contribution >= 4 is 17.2 Å². The molecule has 4 heteroatoms. The van der Waals surface area contributed by atoms with Crippen LogP contribution in [0.1, 0.15) is 41.9 Å². The second-order valence-corrected chi connectivity index (χ2v) is 7.22. The van der Waals surface area contributed by atoms with E-state index in [1.807, 2.05) is 47.5 Å². The Kier molecular flexibility index (Phi) is 5.66. The molecule has 124 valence electrons. The maximum absolute atomic E-state index is 12.8. The molecule has 0 aliphatic heterocycles. The van der Waals surface area contributed by atoms with Gasteiger partial charge in [-0.05, 0) is 31.9 Å². The standard InChI is InChI=1S/C20H22N2OS/c1-16-21-18(15-24-16)14-20(23)22(19-11-5-6-12-19)13-7-10-17-8-3-2-4-9-17/h2-4,8-9,15,19H,5-6,11-14H2,1H3. The number of hydrogen-bond donors (Lipinski definition) is 0. The van der Waals surface area contributed by atoms with E-state index in [0.29, 0.717) is 19.0 Å². The average molecular weight is 338 g/mol. The van der Waals surface area contributed by atoms with Gasteiger partial charge in [-0.15, -0.1) is 11.3 Å². The van der Waals surface area contributed by atoms with E-state index in [2.05, 4.69) is 16.8 Å². The number of carbonyl (C=O) groups excluding carboxylic acids is 1. The predicted molar refractivity (Wildman–Crippen MR) is 97.8 cm³/mol. The van der Waals surface area contributed by atoms with Gasteiger partial charge in [-0.25, -0.2) is 4.98 Å². The van der Waals surface area contributed by atoms with Gasteiger partial charge in [0.2, 0.25) is 5.91 Å². The number of aryl methyl sites for hydroxylation is 1. The highest BCUT2D eigenvalue weighted by molar-refractivity contribution is 7.09. The van der Waals surface area contributed by atoms with Crippen molar-refractivity contribution in [3.05, 3.63) is 52.0 Å². The minimum absolute atomic E-state index is 0.148. The molecule has 0 radical (unpaired) electrons. The van der Waals surface area contributed by atoms with Gasteiger partial charge in [0.25, 0.3) is 0 Å². The lowest BCUT2D eigenvalue weighted by Crippen LogP contribution is -2.40. The van der Waals surface area contributed by atoms with Crippen LogP contribution in [0.3, 0.4) is 0 Å². The van der Waals surface area contributed by atoms with Crippen LogP contribution in [0.5, 0.6) is 0 Å². The largest absolute Gasteiger partial charge is 0.328 e. The molecule has 1 aromatic carbocycles. The summed E-state index contributed by atoms with van der Waals surface area (Å²) in [4.78, 5) is 19.2. The van der Waals surface area contributed by atoms with Crippen molar-refractivity contribution in [1.82, 2.24) is 9.88 Å². The number of thiazole rings is 1. The third-order valence-corrected chi connectivity index (χ3v) is 5.16. The Morgan fingerprint density at radius 3 is 2.71 bits per heavy atom. The summed E-state index contributed by atoms with van der Waals surface area (Å²) in [6.45, 7) is 2.47. The van der Waals surface area contributed by atoms with E-state index in [1.54, 1.807) is 11.3 Å².